The molecule has 190 valence electrons. The fourth-order valence-corrected chi connectivity index (χ4v) is 6.56. The van der Waals surface area contributed by atoms with Gasteiger partial charge < -0.3 is 20.1 Å². The third-order valence-corrected chi connectivity index (χ3v) is 8.66. The number of nitrogens with zero attached hydrogens (tertiary/aromatic N) is 6. The van der Waals surface area contributed by atoms with Crippen molar-refractivity contribution in [2.24, 2.45) is 18.2 Å². The Hall–Kier alpha value is -3.79. The maximum atomic E-state index is 13.8. The van der Waals surface area contributed by atoms with Gasteiger partial charge in [0.05, 0.1) is 11.9 Å². The van der Waals surface area contributed by atoms with Gasteiger partial charge in [0.25, 0.3) is 5.56 Å². The number of hydrogen-bond acceptors (Lipinski definition) is 7. The molecule has 1 aliphatic carbocycles. The van der Waals surface area contributed by atoms with E-state index in [1.165, 1.54) is 6.07 Å². The van der Waals surface area contributed by atoms with Crippen LogP contribution in [-0.2, 0) is 19.9 Å². The number of piperidine rings is 1. The number of pyridine rings is 1. The topological polar surface area (TPSA) is 109 Å². The van der Waals surface area contributed by atoms with E-state index in [-0.39, 0.29) is 22.8 Å². The predicted molar refractivity (Wildman–Crippen MR) is 140 cm³/mol. The summed E-state index contributed by atoms with van der Waals surface area (Å²) in [6.07, 6.45) is 7.90. The van der Waals surface area contributed by atoms with Crippen LogP contribution in [0.15, 0.2) is 41.5 Å². The highest BCUT2D eigenvalue weighted by Crippen LogP contribution is 2.51. The van der Waals surface area contributed by atoms with Crippen molar-refractivity contribution in [3.05, 3.63) is 69.5 Å². The molecule has 7 rings (SSSR count). The predicted octanol–water partition coefficient (Wildman–Crippen LogP) is 3.12. The Kier molecular flexibility index (Phi) is 4.91. The molecule has 3 aliphatic rings. The summed E-state index contributed by atoms with van der Waals surface area (Å²) in [6.45, 7) is 2.40. The van der Waals surface area contributed by atoms with E-state index >= 15 is 0 Å². The van der Waals surface area contributed by atoms with Crippen LogP contribution >= 0.6 is 0 Å². The summed E-state index contributed by atoms with van der Waals surface area (Å²) in [6, 6.07) is 6.91. The van der Waals surface area contributed by atoms with Gasteiger partial charge in [0.2, 0.25) is 0 Å². The van der Waals surface area contributed by atoms with E-state index < -0.39 is 0 Å². The van der Waals surface area contributed by atoms with Gasteiger partial charge in [0, 0.05) is 44.5 Å². The smallest absolute Gasteiger partial charge is 0.255 e. The van der Waals surface area contributed by atoms with Crippen molar-refractivity contribution >= 4 is 28.5 Å². The summed E-state index contributed by atoms with van der Waals surface area (Å²) in [5.74, 6) is 1.31. The third-order valence-electron chi connectivity index (χ3n) is 8.66. The number of aromatic nitrogens is 5. The molecule has 3 aromatic heterocycles. The van der Waals surface area contributed by atoms with E-state index in [1.807, 2.05) is 18.3 Å². The molecular weight excluding hydrogens is 471 g/mol. The number of aryl methyl sites for hydroxylation is 1. The second-order valence-electron chi connectivity index (χ2n) is 10.7. The lowest BCUT2D eigenvalue weighted by Crippen LogP contribution is -2.44. The zero-order valence-corrected chi connectivity index (χ0v) is 20.7. The molecule has 0 amide bonds. The summed E-state index contributed by atoms with van der Waals surface area (Å²) in [7, 11) is 1.78. The number of hydrogen-bond donors (Lipinski definition) is 2. The average molecular weight is 501 g/mol. The molecule has 2 aliphatic heterocycles. The van der Waals surface area contributed by atoms with Crippen molar-refractivity contribution in [2.75, 3.05) is 29.4 Å². The van der Waals surface area contributed by atoms with Crippen molar-refractivity contribution in [1.82, 2.24) is 24.7 Å². The van der Waals surface area contributed by atoms with E-state index in [9.17, 15) is 9.18 Å². The molecule has 9 nitrogen and oxygen atoms in total. The largest absolute Gasteiger partial charge is 0.355 e. The number of aromatic amines is 1. The van der Waals surface area contributed by atoms with E-state index in [0.29, 0.717) is 17.0 Å². The van der Waals surface area contributed by atoms with Crippen LogP contribution in [0.25, 0.3) is 11.2 Å². The van der Waals surface area contributed by atoms with Crippen molar-refractivity contribution in [3.8, 4) is 0 Å². The number of benzene rings is 1. The first kappa shape index (κ1) is 22.4. The van der Waals surface area contributed by atoms with E-state index in [2.05, 4.69) is 20.0 Å². The van der Waals surface area contributed by atoms with Crippen molar-refractivity contribution in [1.29, 1.82) is 0 Å². The van der Waals surface area contributed by atoms with E-state index in [4.69, 9.17) is 15.7 Å². The van der Waals surface area contributed by atoms with Gasteiger partial charge in [0.15, 0.2) is 17.0 Å². The molecule has 10 heteroatoms. The molecule has 1 atom stereocenters. The summed E-state index contributed by atoms with van der Waals surface area (Å²) in [5.41, 5.74) is 11.8. The normalized spacial score (nSPS) is 20.5. The highest BCUT2D eigenvalue weighted by molar-refractivity contribution is 5.87. The SMILES string of the molecule is Cn1ccc2c(c1=O)CCCN2c1n[nH]c2nc(N3CCC4(CC3)Cc3cc(F)ccc3[C@H]4N)cnc12. The molecule has 1 fully saturated rings. The molecule has 1 spiro atoms. The number of anilines is 3. The lowest BCUT2D eigenvalue weighted by Gasteiger charge is -2.42. The standard InChI is InChI=1S/C27H29FN8O/c1-34-10-6-20-19(26(34)37)3-2-9-36(20)25-22-24(32-33-25)31-21(15-30-22)35-11-7-27(8-12-35)14-16-13-17(28)4-5-18(16)23(27)29/h4-6,10,13,15,23H,2-3,7-9,11-12,14,29H2,1H3,(H,31,32,33)/t23-/m1/s1. The molecule has 0 unspecified atom stereocenters. The number of nitrogens with two attached hydrogens (primary N) is 1. The van der Waals surface area contributed by atoms with Crippen LogP contribution in [0.4, 0.5) is 21.7 Å². The van der Waals surface area contributed by atoms with Gasteiger partial charge in [-0.3, -0.25) is 9.89 Å². The van der Waals surface area contributed by atoms with Crippen molar-refractivity contribution in [3.63, 3.8) is 0 Å². The van der Waals surface area contributed by atoms with Crippen LogP contribution < -0.4 is 21.1 Å². The summed E-state index contributed by atoms with van der Waals surface area (Å²) in [5, 5.41) is 7.62. The van der Waals surface area contributed by atoms with Gasteiger partial charge in [-0.2, -0.15) is 5.10 Å². The average Bonchev–Trinajstić information content (AvgIpc) is 3.44. The van der Waals surface area contributed by atoms with Gasteiger partial charge in [-0.15, -0.1) is 0 Å². The highest BCUT2D eigenvalue weighted by Gasteiger charge is 2.46. The van der Waals surface area contributed by atoms with Gasteiger partial charge >= 0.3 is 0 Å². The number of rotatable bonds is 2. The number of fused-ring (bicyclic) bond motifs is 3. The third kappa shape index (κ3) is 3.38. The fraction of sp³-hybridized carbons (Fsp3) is 0.407. The molecule has 1 saturated heterocycles. The molecule has 4 aromatic rings. The molecule has 1 aromatic carbocycles. The molecular formula is C27H29FN8O. The van der Waals surface area contributed by atoms with Gasteiger partial charge in [-0.1, -0.05) is 6.07 Å². The maximum Gasteiger partial charge on any atom is 0.255 e. The minimum atomic E-state index is -0.196. The summed E-state index contributed by atoms with van der Waals surface area (Å²) >= 11 is 0. The first-order valence-corrected chi connectivity index (χ1v) is 12.9. The first-order valence-electron chi connectivity index (χ1n) is 12.9. The minimum absolute atomic E-state index is 0.0356. The van der Waals surface area contributed by atoms with Crippen LogP contribution in [0.2, 0.25) is 0 Å². The Balaban J connectivity index is 1.13. The Labute approximate surface area is 213 Å². The van der Waals surface area contributed by atoms with Gasteiger partial charge in [-0.25, -0.2) is 14.4 Å². The van der Waals surface area contributed by atoms with Crippen LogP contribution in [-0.4, -0.2) is 44.4 Å². The Morgan fingerprint density at radius 2 is 2.03 bits per heavy atom. The molecule has 0 bridgehead atoms. The fourth-order valence-electron chi connectivity index (χ4n) is 6.56. The van der Waals surface area contributed by atoms with Crippen molar-refractivity contribution < 1.29 is 4.39 Å². The zero-order chi connectivity index (χ0) is 25.3. The van der Waals surface area contributed by atoms with Crippen molar-refractivity contribution in [2.45, 2.75) is 38.1 Å². The number of nitrogens with one attached hydrogen (secondary N) is 1. The lowest BCUT2D eigenvalue weighted by atomic mass is 9.73. The summed E-state index contributed by atoms with van der Waals surface area (Å²) < 4.78 is 15.4. The molecule has 37 heavy (non-hydrogen) atoms. The number of H-pyrrole nitrogens is 1. The van der Waals surface area contributed by atoms with Crippen LogP contribution in [0.1, 0.15) is 42.0 Å². The van der Waals surface area contributed by atoms with Crippen LogP contribution in [0.5, 0.6) is 0 Å². The molecule has 5 heterocycles. The minimum Gasteiger partial charge on any atom is -0.355 e. The van der Waals surface area contributed by atoms with Gasteiger partial charge in [-0.05, 0) is 66.8 Å². The second kappa shape index (κ2) is 8.11. The first-order chi connectivity index (χ1) is 17.9. The highest BCUT2D eigenvalue weighted by atomic mass is 19.1. The Morgan fingerprint density at radius 3 is 2.86 bits per heavy atom. The Bertz CT molecular complexity index is 1590. The zero-order valence-electron chi connectivity index (χ0n) is 20.7. The maximum absolute atomic E-state index is 13.8. The van der Waals surface area contributed by atoms with Crippen LogP contribution in [0, 0.1) is 11.2 Å². The van der Waals surface area contributed by atoms with Gasteiger partial charge in [0.1, 0.15) is 11.6 Å². The number of halogens is 1. The second-order valence-corrected chi connectivity index (χ2v) is 10.7. The van der Waals surface area contributed by atoms with Crippen LogP contribution in [0.3, 0.4) is 0 Å². The quantitative estimate of drug-likeness (QED) is 0.435. The lowest BCUT2D eigenvalue weighted by molar-refractivity contribution is 0.187. The van der Waals surface area contributed by atoms with E-state index in [0.717, 1.165) is 79.9 Å². The van der Waals surface area contributed by atoms with E-state index in [1.54, 1.807) is 23.9 Å². The Morgan fingerprint density at radius 1 is 1.19 bits per heavy atom. The monoisotopic (exact) mass is 500 g/mol. The summed E-state index contributed by atoms with van der Waals surface area (Å²) in [4.78, 5) is 26.6. The molecule has 0 saturated carbocycles. The molecule has 0 radical (unpaired) electrons. The molecule has 3 N–H and O–H groups in total.